The van der Waals surface area contributed by atoms with E-state index in [1.54, 1.807) is 44.3 Å². The van der Waals surface area contributed by atoms with Gasteiger partial charge in [-0.15, -0.1) is 0 Å². The summed E-state index contributed by atoms with van der Waals surface area (Å²) in [6.45, 7) is 7.82. The molecule has 7 amide bonds. The summed E-state index contributed by atoms with van der Waals surface area (Å²) in [6, 6.07) is 1.00. The van der Waals surface area contributed by atoms with E-state index < -0.39 is 218 Å². The molecule has 0 bridgehead atoms. The Morgan fingerprint density at radius 3 is 1.84 bits per heavy atom. The molecule has 2 aromatic heterocycles. The molecule has 36 heteroatoms. The number of aromatic amines is 2. The zero-order valence-electron chi connectivity index (χ0n) is 59.9. The van der Waals surface area contributed by atoms with Crippen molar-refractivity contribution in [3.8, 4) is 0 Å². The number of ether oxygens (including phenoxy) is 1. The average Bonchev–Trinajstić information content (AvgIpc) is 1.79. The Labute approximate surface area is 623 Å². The number of rotatable bonds is 45. The molecule has 5 rings (SSSR count). The number of amides is 7. The first-order valence-electron chi connectivity index (χ1n) is 34.9. The van der Waals surface area contributed by atoms with Crippen LogP contribution in [-0.2, 0) is 102 Å². The minimum atomic E-state index is -2.11. The molecule has 585 valence electrons. The maximum absolute atomic E-state index is 14.6. The van der Waals surface area contributed by atoms with E-state index in [0.717, 1.165) is 0 Å². The third-order valence-electron chi connectivity index (χ3n) is 18.5. The van der Waals surface area contributed by atoms with Gasteiger partial charge in [-0.05, 0) is 61.2 Å². The molecule has 17 N–H and O–H groups in total. The van der Waals surface area contributed by atoms with Crippen molar-refractivity contribution < 1.29 is 120 Å². The van der Waals surface area contributed by atoms with Gasteiger partial charge in [0.15, 0.2) is 23.1 Å². The SMILES string of the molecule is CSCC[C@H](NC(=O)[C@@H](CC(=O)[C@H](Cc1cnc[nH]1)NC(=O)CCC(=O)[C@@H](NC(=O)[C@H](C)CC(=O)[C@H](Cc1c[nH]c2ccccc12)NC(=O)[C@H](CCC(N)=O)CC(=O)C1OC(CNC(=O)CCC(C(=O)O)N2CCN(CC(=O)O)CCN(CC(=O)O)CC2)C(O)C(O)C1O)C(C)C)CC(C)C)C(N)=O.[64Cu+2]. The number of nitrogens with one attached hydrogen (secondary N) is 7. The number of nitrogens with zero attached hydrogens (tertiary/aromatic N) is 4. The van der Waals surface area contributed by atoms with E-state index in [0.29, 0.717) is 27.9 Å². The van der Waals surface area contributed by atoms with Crippen molar-refractivity contribution in [3.63, 3.8) is 0 Å². The third-order valence-corrected chi connectivity index (χ3v) is 19.2. The van der Waals surface area contributed by atoms with Crippen LogP contribution >= 0.6 is 11.8 Å². The topological polar surface area (TPSA) is 536 Å². The Balaban J connectivity index is 0.0000233. The molecule has 1 radical (unpaired) electrons. The molecule has 0 aliphatic carbocycles. The van der Waals surface area contributed by atoms with Crippen LogP contribution in [0.25, 0.3) is 10.9 Å². The Morgan fingerprint density at radius 1 is 0.648 bits per heavy atom. The summed E-state index contributed by atoms with van der Waals surface area (Å²) in [5, 5.41) is 76.4. The van der Waals surface area contributed by atoms with E-state index in [4.69, 9.17) is 16.2 Å². The van der Waals surface area contributed by atoms with E-state index in [2.05, 4.69) is 41.5 Å². The molecular formula is C69H103CuN13O21S+2. The fraction of sp³-hybridized carbons (Fsp3) is 0.638. The van der Waals surface area contributed by atoms with Crippen LogP contribution < -0.4 is 38.1 Å². The number of primary amides is 2. The van der Waals surface area contributed by atoms with Gasteiger partial charge in [-0.3, -0.25) is 81.8 Å². The molecule has 34 nitrogen and oxygen atoms in total. The van der Waals surface area contributed by atoms with Crippen LogP contribution in [0, 0.1) is 29.6 Å². The number of aliphatic hydroxyl groups is 3. The van der Waals surface area contributed by atoms with Crippen LogP contribution in [0.4, 0.5) is 0 Å². The maximum Gasteiger partial charge on any atom is 2.00 e. The molecule has 2 saturated heterocycles. The number of nitrogens with two attached hydrogens (primary N) is 2. The number of H-pyrrole nitrogens is 2. The van der Waals surface area contributed by atoms with Crippen LogP contribution in [0.3, 0.4) is 0 Å². The molecule has 1 aromatic carbocycles. The fourth-order valence-corrected chi connectivity index (χ4v) is 13.1. The number of Topliss-reactive ketones (excluding diaryl/α,β-unsaturated/α-hetero) is 4. The van der Waals surface area contributed by atoms with Gasteiger partial charge in [0.2, 0.25) is 41.4 Å². The number of ketones is 4. The van der Waals surface area contributed by atoms with Gasteiger partial charge in [-0.25, -0.2) is 4.98 Å². The number of carboxylic acid groups (broad SMARTS) is 3. The number of para-hydroxylation sites is 1. The number of benzene rings is 1. The van der Waals surface area contributed by atoms with Crippen molar-refractivity contribution in [1.29, 1.82) is 0 Å². The molecule has 6 unspecified atom stereocenters. The van der Waals surface area contributed by atoms with Crippen molar-refractivity contribution in [1.82, 2.24) is 56.2 Å². The maximum atomic E-state index is 14.6. The van der Waals surface area contributed by atoms with Crippen molar-refractivity contribution >= 4 is 105 Å². The largest absolute Gasteiger partial charge is 2.00 e. The molecule has 4 heterocycles. The van der Waals surface area contributed by atoms with E-state index in [1.807, 2.05) is 20.1 Å². The summed E-state index contributed by atoms with van der Waals surface area (Å²) in [6.07, 6.45) is -7.04. The van der Waals surface area contributed by atoms with Gasteiger partial charge in [-0.2, -0.15) is 11.8 Å². The van der Waals surface area contributed by atoms with Crippen LogP contribution in [0.1, 0.15) is 117 Å². The number of aliphatic carboxylic acids is 3. The van der Waals surface area contributed by atoms with Crippen molar-refractivity contribution in [2.45, 2.75) is 179 Å². The van der Waals surface area contributed by atoms with Gasteiger partial charge < -0.3 is 83.4 Å². The molecule has 0 spiro atoms. The number of hydrogen-bond acceptors (Lipinski definition) is 23. The summed E-state index contributed by atoms with van der Waals surface area (Å²) in [4.78, 5) is 201. The molecule has 0 saturated carbocycles. The standard InChI is InChI=1S/C69H103N13O21S.Cu/c1-37(2)25-41(68(100)77-46(65(71)97)17-24-104-6)29-52(85)48(30-43-32-72-36-75-43)76-57(89)16-13-50(83)60(38(3)4)79-66(98)39(5)26-51(84)47(27-42-31-73-45-10-8-7-9-44(42)45)78-67(99)40(11-14-55(70)87)28-53(86)64-63(96)62(95)61(94)54(103-64)33-74-56(88)15-12-49(69(101)102)82-22-20-80(34-58(90)91)18-19-81(21-23-82)35-59(92)93;/h7-10,31-32,36-41,46-49,54,60-64,73,94-96H,11-30,33-35H2,1-6H3,(H2,70,87)(H2,71,97)(H,72,75)(H,74,88)(H,76,89)(H,77,100)(H,78,99)(H,79,98)(H,90,91)(H,92,93)(H,101,102);/q;+2/t39-,40-,41-,46+,47+,48+,49?,54?,60+,61?,62?,63?,64?;/m1./s1/i;1+0. The van der Waals surface area contributed by atoms with E-state index in [1.165, 1.54) is 45.9 Å². The molecule has 2 aliphatic rings. The second-order valence-corrected chi connectivity index (χ2v) is 28.5. The van der Waals surface area contributed by atoms with Crippen LogP contribution in [0.5, 0.6) is 0 Å². The Morgan fingerprint density at radius 2 is 1.26 bits per heavy atom. The number of imidazole rings is 1. The van der Waals surface area contributed by atoms with Crippen LogP contribution in [0.15, 0.2) is 43.0 Å². The number of hydrogen-bond donors (Lipinski definition) is 15. The van der Waals surface area contributed by atoms with Gasteiger partial charge in [0.1, 0.15) is 42.6 Å². The number of thioether (sulfide) groups is 1. The summed E-state index contributed by atoms with van der Waals surface area (Å²) in [5.41, 5.74) is 12.8. The number of carbonyl (C=O) groups excluding carboxylic acids is 11. The average molecular weight is 1550 g/mol. The van der Waals surface area contributed by atoms with Gasteiger partial charge in [-0.1, -0.05) is 52.8 Å². The molecule has 105 heavy (non-hydrogen) atoms. The normalized spacial score (nSPS) is 19.8. The number of aromatic nitrogens is 3. The van der Waals surface area contributed by atoms with Crippen molar-refractivity contribution in [3.05, 3.63) is 54.2 Å². The second kappa shape index (κ2) is 44.2. The number of carboxylic acids is 3. The molecule has 3 aromatic rings. The predicted octanol–water partition coefficient (Wildman–Crippen LogP) is -1.80. The first-order chi connectivity index (χ1) is 49.1. The Kier molecular flexibility index (Phi) is 37.6. The van der Waals surface area contributed by atoms with Gasteiger partial charge in [0.25, 0.3) is 0 Å². The van der Waals surface area contributed by atoms with Crippen LogP contribution in [-0.4, -0.2) is 274 Å². The monoisotopic (exact) mass is 1550 g/mol. The quantitative estimate of drug-likeness (QED) is 0.0278. The molecule has 13 atom stereocenters. The molecular weight excluding hydrogens is 1440 g/mol. The summed E-state index contributed by atoms with van der Waals surface area (Å²) >= 11 is 1.46. The minimum Gasteiger partial charge on any atom is -0.480 e. The van der Waals surface area contributed by atoms with Crippen molar-refractivity contribution in [2.24, 2.45) is 41.1 Å². The Bertz CT molecular complexity index is 3420. The van der Waals surface area contributed by atoms with E-state index in [-0.39, 0.29) is 114 Å². The summed E-state index contributed by atoms with van der Waals surface area (Å²) in [7, 11) is 0. The fourth-order valence-electron chi connectivity index (χ4n) is 12.7. The van der Waals surface area contributed by atoms with E-state index >= 15 is 0 Å². The smallest absolute Gasteiger partial charge is 0.480 e. The third kappa shape index (κ3) is 29.3. The van der Waals surface area contributed by atoms with E-state index in [9.17, 15) is 97.8 Å². The van der Waals surface area contributed by atoms with Gasteiger partial charge in [0, 0.05) is 150 Å². The molecule has 2 aliphatic heterocycles. The number of aliphatic hydroxyl groups excluding tert-OH is 3. The second-order valence-electron chi connectivity index (χ2n) is 27.5. The van der Waals surface area contributed by atoms with Crippen molar-refractivity contribution in [2.75, 3.05) is 70.9 Å². The number of carbonyl (C=O) groups is 14. The summed E-state index contributed by atoms with van der Waals surface area (Å²) < 4.78 is 5.82. The predicted molar refractivity (Wildman–Crippen MR) is 376 cm³/mol. The first-order valence-corrected chi connectivity index (χ1v) is 36.3. The summed E-state index contributed by atoms with van der Waals surface area (Å²) in [5.74, 6) is -15.2. The number of fused-ring (bicyclic) bond motifs is 1. The molecule has 2 fully saturated rings. The Hall–Kier alpha value is -8.06. The zero-order valence-corrected chi connectivity index (χ0v) is 61.7. The first kappa shape index (κ1) is 89.3. The minimum absolute atomic E-state index is 0. The van der Waals surface area contributed by atoms with Gasteiger partial charge in [0.05, 0.1) is 37.5 Å². The van der Waals surface area contributed by atoms with Gasteiger partial charge >= 0.3 is 35.0 Å². The zero-order chi connectivity index (χ0) is 77.1. The van der Waals surface area contributed by atoms with Crippen LogP contribution in [0.2, 0.25) is 0 Å².